The fourth-order valence-corrected chi connectivity index (χ4v) is 2.39. The first-order chi connectivity index (χ1) is 8.42. The number of hydrogen-bond acceptors (Lipinski definition) is 3. The standard InChI is InChI=1S/C13H11N3S/c1-2-4-10(5-3-1)9-17-13-15-8-11-6-7-14-12(11)16-13/h1-8H,9H2,(H,14,15,16). The normalized spacial score (nSPS) is 10.8. The van der Waals surface area contributed by atoms with E-state index in [1.807, 2.05) is 36.7 Å². The maximum absolute atomic E-state index is 4.45. The molecule has 0 amide bonds. The average Bonchev–Trinajstić information content (AvgIpc) is 2.85. The lowest BCUT2D eigenvalue weighted by molar-refractivity contribution is 0.994. The highest BCUT2D eigenvalue weighted by Crippen LogP contribution is 2.20. The number of thioether (sulfide) groups is 1. The first-order valence-electron chi connectivity index (χ1n) is 5.39. The summed E-state index contributed by atoms with van der Waals surface area (Å²) in [5.41, 5.74) is 2.18. The molecule has 0 fully saturated rings. The monoisotopic (exact) mass is 241 g/mol. The van der Waals surface area contributed by atoms with Crippen LogP contribution >= 0.6 is 11.8 Å². The van der Waals surface area contributed by atoms with Crippen molar-refractivity contribution in [2.45, 2.75) is 10.9 Å². The molecule has 1 N–H and O–H groups in total. The summed E-state index contributed by atoms with van der Waals surface area (Å²) in [4.78, 5) is 11.9. The summed E-state index contributed by atoms with van der Waals surface area (Å²) in [6.45, 7) is 0. The molecule has 0 aliphatic heterocycles. The van der Waals surface area contributed by atoms with Crippen LogP contribution in [-0.4, -0.2) is 15.0 Å². The molecule has 1 aromatic carbocycles. The summed E-state index contributed by atoms with van der Waals surface area (Å²) >= 11 is 1.65. The minimum absolute atomic E-state index is 0.809. The molecule has 4 heteroatoms. The summed E-state index contributed by atoms with van der Waals surface area (Å²) in [6.07, 6.45) is 3.73. The van der Waals surface area contributed by atoms with Crippen LogP contribution in [0.15, 0.2) is 53.9 Å². The Hall–Kier alpha value is -1.81. The number of rotatable bonds is 3. The summed E-state index contributed by atoms with van der Waals surface area (Å²) in [5, 5.41) is 1.86. The number of hydrogen-bond donors (Lipinski definition) is 1. The molecule has 0 spiro atoms. The van der Waals surface area contributed by atoms with Crippen LogP contribution in [0.3, 0.4) is 0 Å². The van der Waals surface area contributed by atoms with Crippen molar-refractivity contribution in [3.8, 4) is 0 Å². The molecule has 0 saturated carbocycles. The van der Waals surface area contributed by atoms with Gasteiger partial charge in [-0.15, -0.1) is 0 Å². The SMILES string of the molecule is c1ccc(CSc2ncc3cc[nH]c3n2)cc1. The van der Waals surface area contributed by atoms with Crippen molar-refractivity contribution in [3.63, 3.8) is 0 Å². The van der Waals surface area contributed by atoms with Crippen LogP contribution in [0.2, 0.25) is 0 Å². The van der Waals surface area contributed by atoms with E-state index in [9.17, 15) is 0 Å². The molecule has 3 aromatic rings. The Bertz CT molecular complexity index is 619. The zero-order chi connectivity index (χ0) is 11.5. The number of nitrogens with zero attached hydrogens (tertiary/aromatic N) is 2. The van der Waals surface area contributed by atoms with Gasteiger partial charge in [-0.05, 0) is 11.6 Å². The van der Waals surface area contributed by atoms with Crippen LogP contribution in [-0.2, 0) is 5.75 Å². The number of aromatic amines is 1. The molecular weight excluding hydrogens is 230 g/mol. The van der Waals surface area contributed by atoms with E-state index < -0.39 is 0 Å². The van der Waals surface area contributed by atoms with Gasteiger partial charge in [-0.25, -0.2) is 9.97 Å². The lowest BCUT2D eigenvalue weighted by Crippen LogP contribution is -1.87. The molecular formula is C13H11N3S. The topological polar surface area (TPSA) is 41.6 Å². The Kier molecular flexibility index (Phi) is 2.80. The molecule has 0 aliphatic rings. The second-order valence-electron chi connectivity index (χ2n) is 3.71. The Labute approximate surface area is 103 Å². The number of H-pyrrole nitrogens is 1. The molecule has 84 valence electrons. The highest BCUT2D eigenvalue weighted by molar-refractivity contribution is 7.98. The second-order valence-corrected chi connectivity index (χ2v) is 4.65. The van der Waals surface area contributed by atoms with Crippen molar-refractivity contribution in [2.24, 2.45) is 0 Å². The lowest BCUT2D eigenvalue weighted by atomic mass is 10.2. The van der Waals surface area contributed by atoms with Gasteiger partial charge >= 0.3 is 0 Å². The maximum Gasteiger partial charge on any atom is 0.189 e. The first kappa shape index (κ1) is 10.4. The van der Waals surface area contributed by atoms with Crippen LogP contribution in [0.1, 0.15) is 5.56 Å². The first-order valence-corrected chi connectivity index (χ1v) is 6.37. The summed E-state index contributed by atoms with van der Waals surface area (Å²) in [7, 11) is 0. The molecule has 3 rings (SSSR count). The molecule has 0 saturated heterocycles. The van der Waals surface area contributed by atoms with Crippen LogP contribution in [0, 0.1) is 0 Å². The van der Waals surface area contributed by atoms with Crippen molar-refractivity contribution in [1.82, 2.24) is 15.0 Å². The predicted octanol–water partition coefficient (Wildman–Crippen LogP) is 3.25. The Morgan fingerprint density at radius 2 is 2.00 bits per heavy atom. The molecule has 0 bridgehead atoms. The predicted molar refractivity (Wildman–Crippen MR) is 69.9 cm³/mol. The van der Waals surface area contributed by atoms with E-state index in [4.69, 9.17) is 0 Å². The van der Waals surface area contributed by atoms with Gasteiger partial charge in [0.15, 0.2) is 5.16 Å². The van der Waals surface area contributed by atoms with Crippen molar-refractivity contribution in [1.29, 1.82) is 0 Å². The zero-order valence-corrected chi connectivity index (χ0v) is 9.95. The Morgan fingerprint density at radius 1 is 1.12 bits per heavy atom. The van der Waals surface area contributed by atoms with Gasteiger partial charge in [0.25, 0.3) is 0 Å². The van der Waals surface area contributed by atoms with Gasteiger partial charge < -0.3 is 4.98 Å². The minimum atomic E-state index is 0.809. The fraction of sp³-hybridized carbons (Fsp3) is 0.0769. The lowest BCUT2D eigenvalue weighted by Gasteiger charge is -2.00. The molecule has 17 heavy (non-hydrogen) atoms. The number of aromatic nitrogens is 3. The van der Waals surface area contributed by atoms with E-state index in [1.54, 1.807) is 11.8 Å². The molecule has 2 aromatic heterocycles. The molecule has 0 aliphatic carbocycles. The number of fused-ring (bicyclic) bond motifs is 1. The molecule has 0 unspecified atom stereocenters. The van der Waals surface area contributed by atoms with E-state index in [1.165, 1.54) is 5.56 Å². The smallest absolute Gasteiger partial charge is 0.189 e. The van der Waals surface area contributed by atoms with Gasteiger partial charge in [0, 0.05) is 23.5 Å². The van der Waals surface area contributed by atoms with Gasteiger partial charge in [-0.3, -0.25) is 0 Å². The van der Waals surface area contributed by atoms with E-state index >= 15 is 0 Å². The van der Waals surface area contributed by atoms with Crippen LogP contribution in [0.4, 0.5) is 0 Å². The Balaban J connectivity index is 1.76. The molecule has 2 heterocycles. The van der Waals surface area contributed by atoms with Crippen LogP contribution in [0.5, 0.6) is 0 Å². The molecule has 0 atom stereocenters. The van der Waals surface area contributed by atoms with E-state index in [0.717, 1.165) is 21.9 Å². The maximum atomic E-state index is 4.45. The van der Waals surface area contributed by atoms with Crippen molar-refractivity contribution < 1.29 is 0 Å². The second kappa shape index (κ2) is 4.59. The van der Waals surface area contributed by atoms with Gasteiger partial charge in [-0.2, -0.15) is 0 Å². The summed E-state index contributed by atoms with van der Waals surface area (Å²) in [6, 6.07) is 12.3. The van der Waals surface area contributed by atoms with Crippen molar-refractivity contribution in [2.75, 3.05) is 0 Å². The molecule has 0 radical (unpaired) electrons. The van der Waals surface area contributed by atoms with Crippen LogP contribution < -0.4 is 0 Å². The van der Waals surface area contributed by atoms with Crippen molar-refractivity contribution >= 4 is 22.8 Å². The average molecular weight is 241 g/mol. The van der Waals surface area contributed by atoms with Gasteiger partial charge in [0.2, 0.25) is 0 Å². The van der Waals surface area contributed by atoms with E-state index in [2.05, 4.69) is 27.1 Å². The summed E-state index contributed by atoms with van der Waals surface area (Å²) < 4.78 is 0. The van der Waals surface area contributed by atoms with E-state index in [-0.39, 0.29) is 0 Å². The zero-order valence-electron chi connectivity index (χ0n) is 9.13. The minimum Gasteiger partial charge on any atom is -0.346 e. The fourth-order valence-electron chi connectivity index (χ4n) is 1.61. The van der Waals surface area contributed by atoms with Gasteiger partial charge in [-0.1, -0.05) is 42.1 Å². The third-order valence-electron chi connectivity index (χ3n) is 2.49. The number of nitrogens with one attached hydrogen (secondary N) is 1. The quantitative estimate of drug-likeness (QED) is 0.565. The summed E-state index contributed by atoms with van der Waals surface area (Å²) in [5.74, 6) is 0.896. The number of benzene rings is 1. The van der Waals surface area contributed by atoms with Crippen LogP contribution in [0.25, 0.3) is 11.0 Å². The van der Waals surface area contributed by atoms with Gasteiger partial charge in [0.1, 0.15) is 5.65 Å². The Morgan fingerprint density at radius 3 is 2.88 bits per heavy atom. The largest absolute Gasteiger partial charge is 0.346 e. The van der Waals surface area contributed by atoms with E-state index in [0.29, 0.717) is 0 Å². The third kappa shape index (κ3) is 2.31. The molecule has 3 nitrogen and oxygen atoms in total. The third-order valence-corrected chi connectivity index (χ3v) is 3.42. The highest BCUT2D eigenvalue weighted by Gasteiger charge is 2.01. The van der Waals surface area contributed by atoms with Crippen molar-refractivity contribution in [3.05, 3.63) is 54.4 Å². The van der Waals surface area contributed by atoms with Gasteiger partial charge in [0.05, 0.1) is 0 Å². The highest BCUT2D eigenvalue weighted by atomic mass is 32.2.